The van der Waals surface area contributed by atoms with E-state index in [1.54, 1.807) is 7.11 Å². The Hall–Kier alpha value is -2.23. The summed E-state index contributed by atoms with van der Waals surface area (Å²) in [6.07, 6.45) is 1.59. The van der Waals surface area contributed by atoms with Gasteiger partial charge in [0.2, 0.25) is 0 Å². The Morgan fingerprint density at radius 2 is 2.23 bits per heavy atom. The van der Waals surface area contributed by atoms with Crippen LogP contribution in [0.3, 0.4) is 0 Å². The maximum absolute atomic E-state index is 14.5. The average Bonchev–Trinajstić information content (AvgIpc) is 3.13. The average molecular weight is 436 g/mol. The number of nitrogens with zero attached hydrogens (tertiary/aromatic N) is 2. The summed E-state index contributed by atoms with van der Waals surface area (Å²) in [7, 11) is 1.55. The maximum Gasteiger partial charge on any atom is 0.270 e. The fraction of sp³-hybridized carbons (Fsp3) is 0.429. The van der Waals surface area contributed by atoms with Gasteiger partial charge >= 0.3 is 0 Å². The summed E-state index contributed by atoms with van der Waals surface area (Å²) in [6.45, 7) is 0.788. The molecule has 1 amide bonds. The van der Waals surface area contributed by atoms with Crippen molar-refractivity contribution < 1.29 is 27.8 Å². The summed E-state index contributed by atoms with van der Waals surface area (Å²) in [4.78, 5) is 12.2. The van der Waals surface area contributed by atoms with Crippen LogP contribution in [0.15, 0.2) is 52.9 Å². The van der Waals surface area contributed by atoms with Crippen molar-refractivity contribution in [2.75, 3.05) is 33.5 Å². The van der Waals surface area contributed by atoms with E-state index in [-0.39, 0.29) is 36.2 Å². The van der Waals surface area contributed by atoms with Crippen LogP contribution in [0.5, 0.6) is 5.75 Å². The minimum Gasteiger partial charge on any atom is -0.493 e. The number of carbonyl (C=O) groups is 1. The molecule has 1 aliphatic carbocycles. The number of benzene rings is 1. The topological polar surface area (TPSA) is 60.4 Å². The Bertz CT molecular complexity index is 920. The Labute approximate surface area is 177 Å². The molecule has 0 radical (unpaired) electrons. The van der Waals surface area contributed by atoms with E-state index in [9.17, 15) is 13.6 Å². The third-order valence-electron chi connectivity index (χ3n) is 5.06. The van der Waals surface area contributed by atoms with E-state index in [4.69, 9.17) is 14.2 Å². The van der Waals surface area contributed by atoms with Crippen LogP contribution in [0.1, 0.15) is 18.4 Å². The van der Waals surface area contributed by atoms with E-state index in [0.29, 0.717) is 25.4 Å². The van der Waals surface area contributed by atoms with Crippen LogP contribution in [-0.4, -0.2) is 55.7 Å². The molecule has 0 N–H and O–H groups in total. The summed E-state index contributed by atoms with van der Waals surface area (Å²) in [5.41, 5.74) is 0.848. The van der Waals surface area contributed by atoms with Crippen molar-refractivity contribution in [3.63, 3.8) is 0 Å². The second-order valence-electron chi connectivity index (χ2n) is 7.02. The molecule has 2 heterocycles. The highest BCUT2D eigenvalue weighted by molar-refractivity contribution is 8.15. The SMILES string of the molecule is COCCOCC(=O)N1N=C(C2=CC(F)CC=C2F)SC12CCOc1ccccc12. The van der Waals surface area contributed by atoms with Crippen molar-refractivity contribution in [2.24, 2.45) is 5.10 Å². The second-order valence-corrected chi connectivity index (χ2v) is 8.29. The summed E-state index contributed by atoms with van der Waals surface area (Å²) in [5.74, 6) is -0.262. The summed E-state index contributed by atoms with van der Waals surface area (Å²) in [5, 5.41) is 6.07. The van der Waals surface area contributed by atoms with E-state index in [2.05, 4.69) is 5.10 Å². The normalized spacial score (nSPS) is 25.4. The van der Waals surface area contributed by atoms with E-state index >= 15 is 0 Å². The van der Waals surface area contributed by atoms with Gasteiger partial charge in [0.05, 0.1) is 19.8 Å². The number of para-hydroxylation sites is 1. The molecule has 1 aromatic carbocycles. The van der Waals surface area contributed by atoms with Gasteiger partial charge in [-0.1, -0.05) is 30.0 Å². The standard InChI is InChI=1S/C21H22F2N2O4S/c1-27-10-11-28-13-19(26)25-21(8-9-29-18-5-3-2-4-16(18)21)30-20(24-25)15-12-14(22)6-7-17(15)23/h2-5,7,12,14H,6,8-11,13H2,1H3. The number of hydrazone groups is 1. The zero-order valence-electron chi connectivity index (χ0n) is 16.5. The number of amides is 1. The minimum absolute atomic E-state index is 0.00885. The minimum atomic E-state index is -1.29. The van der Waals surface area contributed by atoms with E-state index in [0.717, 1.165) is 5.56 Å². The summed E-state index contributed by atoms with van der Waals surface area (Å²) in [6, 6.07) is 7.39. The molecule has 0 fully saturated rings. The van der Waals surface area contributed by atoms with Gasteiger partial charge in [-0.05, 0) is 18.2 Å². The van der Waals surface area contributed by atoms with Gasteiger partial charge in [-0.25, -0.2) is 13.8 Å². The van der Waals surface area contributed by atoms with Crippen molar-refractivity contribution in [3.05, 3.63) is 53.4 Å². The lowest BCUT2D eigenvalue weighted by molar-refractivity contribution is -0.140. The number of fused-ring (bicyclic) bond motifs is 2. The predicted molar refractivity (Wildman–Crippen MR) is 110 cm³/mol. The first-order valence-corrected chi connectivity index (χ1v) is 10.5. The molecule has 2 unspecified atom stereocenters. The number of rotatable bonds is 6. The second kappa shape index (κ2) is 8.87. The molecule has 30 heavy (non-hydrogen) atoms. The van der Waals surface area contributed by atoms with Crippen LogP contribution < -0.4 is 4.74 Å². The lowest BCUT2D eigenvalue weighted by atomic mass is 9.99. The van der Waals surface area contributed by atoms with Gasteiger partial charge in [0.25, 0.3) is 5.91 Å². The molecule has 4 rings (SSSR count). The number of alkyl halides is 1. The van der Waals surface area contributed by atoms with Crippen molar-refractivity contribution in [3.8, 4) is 5.75 Å². The first kappa shape index (κ1) is 21.0. The van der Waals surface area contributed by atoms with Crippen LogP contribution >= 0.6 is 11.8 Å². The van der Waals surface area contributed by atoms with Gasteiger partial charge in [-0.2, -0.15) is 5.10 Å². The van der Waals surface area contributed by atoms with E-state index in [1.165, 1.54) is 28.9 Å². The van der Waals surface area contributed by atoms with Crippen LogP contribution in [0, 0.1) is 0 Å². The zero-order valence-corrected chi connectivity index (χ0v) is 17.3. The monoisotopic (exact) mass is 436 g/mol. The number of thioether (sulfide) groups is 1. The van der Waals surface area contributed by atoms with Crippen molar-refractivity contribution in [1.82, 2.24) is 5.01 Å². The quantitative estimate of drug-likeness (QED) is 0.637. The third-order valence-corrected chi connectivity index (χ3v) is 6.49. The van der Waals surface area contributed by atoms with Gasteiger partial charge in [0, 0.05) is 31.1 Å². The summed E-state index contributed by atoms with van der Waals surface area (Å²) >= 11 is 1.25. The van der Waals surface area contributed by atoms with Crippen LogP contribution in [0.4, 0.5) is 8.78 Å². The molecular formula is C21H22F2N2O4S. The highest BCUT2D eigenvalue weighted by Crippen LogP contribution is 2.54. The number of methoxy groups -OCH3 is 1. The highest BCUT2D eigenvalue weighted by Gasteiger charge is 2.52. The van der Waals surface area contributed by atoms with E-state index in [1.807, 2.05) is 24.3 Å². The molecule has 3 aliphatic rings. The van der Waals surface area contributed by atoms with Gasteiger partial charge in [-0.15, -0.1) is 0 Å². The predicted octanol–water partition coefficient (Wildman–Crippen LogP) is 3.70. The molecule has 160 valence electrons. The number of hydrogen-bond donors (Lipinski definition) is 0. The fourth-order valence-corrected chi connectivity index (χ4v) is 5.04. The zero-order chi connectivity index (χ0) is 21.1. The number of carbonyl (C=O) groups excluding carboxylic acids is 1. The number of ether oxygens (including phenoxy) is 3. The fourth-order valence-electron chi connectivity index (χ4n) is 3.63. The molecule has 1 spiro atoms. The molecule has 6 nitrogen and oxygen atoms in total. The number of allylic oxidation sites excluding steroid dienone is 3. The molecule has 0 bridgehead atoms. The molecule has 0 saturated carbocycles. The van der Waals surface area contributed by atoms with Gasteiger partial charge in [-0.3, -0.25) is 4.79 Å². The molecule has 0 aromatic heterocycles. The lowest BCUT2D eigenvalue weighted by Gasteiger charge is -2.39. The lowest BCUT2D eigenvalue weighted by Crippen LogP contribution is -2.46. The third kappa shape index (κ3) is 3.89. The summed E-state index contributed by atoms with van der Waals surface area (Å²) < 4.78 is 44.5. The Morgan fingerprint density at radius 1 is 1.40 bits per heavy atom. The molecule has 2 aliphatic heterocycles. The Balaban J connectivity index is 1.69. The van der Waals surface area contributed by atoms with Crippen molar-refractivity contribution in [1.29, 1.82) is 0 Å². The maximum atomic E-state index is 14.5. The molecule has 9 heteroatoms. The Kier molecular flexibility index (Phi) is 6.21. The highest BCUT2D eigenvalue weighted by atomic mass is 32.2. The first-order chi connectivity index (χ1) is 14.5. The van der Waals surface area contributed by atoms with Crippen molar-refractivity contribution in [2.45, 2.75) is 23.9 Å². The van der Waals surface area contributed by atoms with Gasteiger partial charge < -0.3 is 14.2 Å². The molecule has 0 saturated heterocycles. The largest absolute Gasteiger partial charge is 0.493 e. The van der Waals surface area contributed by atoms with Crippen molar-refractivity contribution >= 4 is 22.7 Å². The molecule has 1 aromatic rings. The molecule has 2 atom stereocenters. The smallest absolute Gasteiger partial charge is 0.270 e. The molecular weight excluding hydrogens is 414 g/mol. The van der Waals surface area contributed by atoms with Crippen LogP contribution in [-0.2, 0) is 19.1 Å². The number of hydrogen-bond acceptors (Lipinski definition) is 6. The first-order valence-electron chi connectivity index (χ1n) is 9.67. The van der Waals surface area contributed by atoms with Gasteiger partial charge in [0.15, 0.2) is 0 Å². The van der Waals surface area contributed by atoms with E-state index < -0.39 is 16.9 Å². The number of halogens is 2. The van der Waals surface area contributed by atoms with Crippen LogP contribution in [0.2, 0.25) is 0 Å². The Morgan fingerprint density at radius 3 is 3.07 bits per heavy atom. The van der Waals surface area contributed by atoms with Crippen LogP contribution in [0.25, 0.3) is 0 Å². The van der Waals surface area contributed by atoms with Gasteiger partial charge in [0.1, 0.15) is 34.3 Å².